The van der Waals surface area contributed by atoms with Gasteiger partial charge < -0.3 is 9.88 Å². The summed E-state index contributed by atoms with van der Waals surface area (Å²) in [5.74, 6) is 0.141. The Bertz CT molecular complexity index is 1000. The SMILES string of the molecule is Cc1[nH]c2c(N3C=NC(c4ccccn4)C3)cnn2c(=O)c1C(C)C. The molecule has 25 heavy (non-hydrogen) atoms. The maximum absolute atomic E-state index is 12.7. The summed E-state index contributed by atoms with van der Waals surface area (Å²) in [6.07, 6.45) is 5.28. The molecule has 1 unspecified atom stereocenters. The Hall–Kier alpha value is -2.96. The highest BCUT2D eigenvalue weighted by molar-refractivity contribution is 5.87. The third kappa shape index (κ3) is 2.52. The fourth-order valence-electron chi connectivity index (χ4n) is 3.37. The van der Waals surface area contributed by atoms with Crippen LogP contribution in [0.25, 0.3) is 5.65 Å². The van der Waals surface area contributed by atoms with Gasteiger partial charge in [-0.3, -0.25) is 14.8 Å². The number of hydrogen-bond acceptors (Lipinski definition) is 5. The van der Waals surface area contributed by atoms with Crippen molar-refractivity contribution in [3.05, 3.63) is 57.9 Å². The van der Waals surface area contributed by atoms with Crippen molar-refractivity contribution in [2.75, 3.05) is 11.4 Å². The summed E-state index contributed by atoms with van der Waals surface area (Å²) in [6, 6.07) is 5.82. The summed E-state index contributed by atoms with van der Waals surface area (Å²) < 4.78 is 1.44. The number of pyridine rings is 1. The summed E-state index contributed by atoms with van der Waals surface area (Å²) in [5.41, 5.74) is 4.06. The molecule has 3 aromatic rings. The molecule has 7 nitrogen and oxygen atoms in total. The van der Waals surface area contributed by atoms with Crippen LogP contribution in [0.2, 0.25) is 0 Å². The van der Waals surface area contributed by atoms with Crippen LogP contribution in [0.1, 0.15) is 42.8 Å². The largest absolute Gasteiger partial charge is 0.342 e. The quantitative estimate of drug-likeness (QED) is 0.797. The van der Waals surface area contributed by atoms with Crippen molar-refractivity contribution in [1.29, 1.82) is 0 Å². The first-order chi connectivity index (χ1) is 12.1. The third-order valence-corrected chi connectivity index (χ3v) is 4.55. The maximum atomic E-state index is 12.7. The molecule has 1 aliphatic rings. The fourth-order valence-corrected chi connectivity index (χ4v) is 3.37. The van der Waals surface area contributed by atoms with E-state index < -0.39 is 0 Å². The highest BCUT2D eigenvalue weighted by Gasteiger charge is 2.25. The number of nitrogens with one attached hydrogen (secondary N) is 1. The molecule has 4 heterocycles. The molecule has 7 heteroatoms. The van der Waals surface area contributed by atoms with Gasteiger partial charge in [0.15, 0.2) is 5.65 Å². The average Bonchev–Trinajstić information content (AvgIpc) is 3.22. The summed E-state index contributed by atoms with van der Waals surface area (Å²) in [6.45, 7) is 6.63. The number of anilines is 1. The molecule has 0 saturated heterocycles. The summed E-state index contributed by atoms with van der Waals surface area (Å²) in [4.78, 5) is 27.0. The lowest BCUT2D eigenvalue weighted by Crippen LogP contribution is -2.24. The molecule has 3 aromatic heterocycles. The number of aliphatic imine (C=N–C) groups is 1. The van der Waals surface area contributed by atoms with E-state index in [-0.39, 0.29) is 17.5 Å². The van der Waals surface area contributed by atoms with Crippen LogP contribution < -0.4 is 10.5 Å². The minimum atomic E-state index is -0.0649. The standard InChI is InChI=1S/C18H20N6O/c1-11(2)16-12(3)22-17-15(8-21-24(17)18(16)25)23-9-14(20-10-23)13-6-4-5-7-19-13/h4-8,10-11,14,22H,9H2,1-3H3. The van der Waals surface area contributed by atoms with E-state index in [1.54, 1.807) is 18.7 Å². The van der Waals surface area contributed by atoms with E-state index in [0.29, 0.717) is 12.2 Å². The Labute approximate surface area is 145 Å². The highest BCUT2D eigenvalue weighted by Crippen LogP contribution is 2.27. The zero-order chi connectivity index (χ0) is 17.6. The Morgan fingerprint density at radius 1 is 1.32 bits per heavy atom. The van der Waals surface area contributed by atoms with Gasteiger partial charge in [0.2, 0.25) is 0 Å². The molecule has 4 rings (SSSR count). The Balaban J connectivity index is 1.72. The van der Waals surface area contributed by atoms with Crippen LogP contribution in [-0.2, 0) is 0 Å². The number of H-pyrrole nitrogens is 1. The summed E-state index contributed by atoms with van der Waals surface area (Å²) >= 11 is 0. The second-order valence-electron chi connectivity index (χ2n) is 6.60. The first-order valence-corrected chi connectivity index (χ1v) is 8.37. The van der Waals surface area contributed by atoms with Crippen molar-refractivity contribution < 1.29 is 0 Å². The minimum absolute atomic E-state index is 0.0149. The van der Waals surface area contributed by atoms with E-state index in [9.17, 15) is 4.79 Å². The lowest BCUT2D eigenvalue weighted by molar-refractivity contribution is 0.750. The van der Waals surface area contributed by atoms with E-state index in [2.05, 4.69) is 20.1 Å². The van der Waals surface area contributed by atoms with Gasteiger partial charge in [0.25, 0.3) is 5.56 Å². The molecule has 0 amide bonds. The lowest BCUT2D eigenvalue weighted by atomic mass is 10.0. The van der Waals surface area contributed by atoms with Crippen molar-refractivity contribution in [2.24, 2.45) is 4.99 Å². The van der Waals surface area contributed by atoms with Gasteiger partial charge in [0.05, 0.1) is 24.8 Å². The van der Waals surface area contributed by atoms with Crippen molar-refractivity contribution in [2.45, 2.75) is 32.7 Å². The van der Waals surface area contributed by atoms with Crippen LogP contribution in [0.3, 0.4) is 0 Å². The van der Waals surface area contributed by atoms with E-state index in [0.717, 1.165) is 22.6 Å². The topological polar surface area (TPSA) is 78.7 Å². The smallest absolute Gasteiger partial charge is 0.278 e. The summed E-state index contributed by atoms with van der Waals surface area (Å²) in [7, 11) is 0. The highest BCUT2D eigenvalue weighted by atomic mass is 16.1. The van der Waals surface area contributed by atoms with Crippen LogP contribution in [-0.4, -0.2) is 32.5 Å². The molecule has 0 spiro atoms. The Kier molecular flexibility index (Phi) is 3.63. The zero-order valence-electron chi connectivity index (χ0n) is 14.5. The fraction of sp³-hybridized carbons (Fsp3) is 0.333. The van der Waals surface area contributed by atoms with Gasteiger partial charge in [-0.05, 0) is 25.0 Å². The van der Waals surface area contributed by atoms with E-state index in [1.165, 1.54) is 4.52 Å². The monoisotopic (exact) mass is 336 g/mol. The van der Waals surface area contributed by atoms with Crippen LogP contribution in [0.4, 0.5) is 5.69 Å². The number of rotatable bonds is 3. The lowest BCUT2D eigenvalue weighted by Gasteiger charge is -2.15. The van der Waals surface area contributed by atoms with Crippen molar-refractivity contribution >= 4 is 17.7 Å². The van der Waals surface area contributed by atoms with E-state index in [1.807, 2.05) is 43.9 Å². The van der Waals surface area contributed by atoms with E-state index >= 15 is 0 Å². The van der Waals surface area contributed by atoms with Gasteiger partial charge in [0, 0.05) is 17.5 Å². The molecular weight excluding hydrogens is 316 g/mol. The molecular formula is C18H20N6O. The number of aromatic nitrogens is 4. The minimum Gasteiger partial charge on any atom is -0.342 e. The molecule has 0 radical (unpaired) electrons. The molecule has 0 fully saturated rings. The molecule has 0 bridgehead atoms. The van der Waals surface area contributed by atoms with Crippen LogP contribution in [0.15, 0.2) is 40.4 Å². The van der Waals surface area contributed by atoms with Gasteiger partial charge in [-0.2, -0.15) is 9.61 Å². The third-order valence-electron chi connectivity index (χ3n) is 4.55. The molecule has 0 aromatic carbocycles. The number of aromatic amines is 1. The summed E-state index contributed by atoms with van der Waals surface area (Å²) in [5, 5.41) is 4.30. The van der Waals surface area contributed by atoms with Crippen LogP contribution in [0.5, 0.6) is 0 Å². The molecule has 128 valence electrons. The van der Waals surface area contributed by atoms with Crippen LogP contribution >= 0.6 is 0 Å². The predicted octanol–water partition coefficient (Wildman–Crippen LogP) is 2.44. The second kappa shape index (κ2) is 5.84. The number of aryl methyl sites for hydroxylation is 1. The van der Waals surface area contributed by atoms with Crippen LogP contribution in [0, 0.1) is 6.92 Å². The molecule has 1 aliphatic heterocycles. The van der Waals surface area contributed by atoms with Gasteiger partial charge in [0.1, 0.15) is 11.7 Å². The average molecular weight is 336 g/mol. The Morgan fingerprint density at radius 3 is 2.88 bits per heavy atom. The van der Waals surface area contributed by atoms with Crippen molar-refractivity contribution in [3.63, 3.8) is 0 Å². The molecule has 1 atom stereocenters. The first kappa shape index (κ1) is 15.6. The van der Waals surface area contributed by atoms with Gasteiger partial charge >= 0.3 is 0 Å². The zero-order valence-corrected chi connectivity index (χ0v) is 14.5. The van der Waals surface area contributed by atoms with E-state index in [4.69, 9.17) is 0 Å². The normalized spacial score (nSPS) is 17.1. The van der Waals surface area contributed by atoms with Gasteiger partial charge in [-0.25, -0.2) is 0 Å². The van der Waals surface area contributed by atoms with Gasteiger partial charge in [-0.15, -0.1) is 0 Å². The second-order valence-corrected chi connectivity index (χ2v) is 6.60. The maximum Gasteiger partial charge on any atom is 0.278 e. The predicted molar refractivity (Wildman–Crippen MR) is 97.5 cm³/mol. The molecule has 0 aliphatic carbocycles. The molecule has 0 saturated carbocycles. The number of hydrogen-bond donors (Lipinski definition) is 1. The Morgan fingerprint density at radius 2 is 2.16 bits per heavy atom. The molecule has 1 N–H and O–H groups in total. The van der Waals surface area contributed by atoms with Crippen molar-refractivity contribution in [3.8, 4) is 0 Å². The van der Waals surface area contributed by atoms with Crippen molar-refractivity contribution in [1.82, 2.24) is 19.6 Å². The number of fused-ring (bicyclic) bond motifs is 1. The van der Waals surface area contributed by atoms with Gasteiger partial charge in [-0.1, -0.05) is 19.9 Å². The first-order valence-electron chi connectivity index (χ1n) is 8.37. The number of nitrogens with zero attached hydrogens (tertiary/aromatic N) is 5.